The van der Waals surface area contributed by atoms with Crippen LogP contribution in [-0.2, 0) is 22.1 Å². The maximum absolute atomic E-state index is 12.5. The van der Waals surface area contributed by atoms with Crippen molar-refractivity contribution in [3.05, 3.63) is 16.1 Å². The number of nitrogens with one attached hydrogen (secondary N) is 2. The van der Waals surface area contributed by atoms with E-state index in [0.29, 0.717) is 43.0 Å². The third-order valence-electron chi connectivity index (χ3n) is 4.15. The normalized spacial score (nSPS) is 15.9. The number of hydrogen-bond donors (Lipinski definition) is 2. The van der Waals surface area contributed by atoms with Crippen molar-refractivity contribution < 1.29 is 22.6 Å². The SMILES string of the molecule is CN=C(NCCCOCC1CCOCC1)NCCc1nc(C(F)(F)F)cs1.I. The quantitative estimate of drug-likeness (QED) is 0.220. The molecule has 0 bridgehead atoms. The standard InChI is InChI=1S/C17H27F3N4O2S.HI/c1-21-16(22-6-2-8-26-11-13-4-9-25-10-5-13)23-7-3-15-24-14(12-27-15)17(18,19)20;/h12-13H,2-11H2,1H3,(H2,21,22,23);1H. The number of halogens is 4. The number of nitrogens with zero attached hydrogens (tertiary/aromatic N) is 2. The van der Waals surface area contributed by atoms with E-state index in [-0.39, 0.29) is 24.0 Å². The summed E-state index contributed by atoms with van der Waals surface area (Å²) in [6, 6.07) is 0. The highest BCUT2D eigenvalue weighted by Gasteiger charge is 2.33. The van der Waals surface area contributed by atoms with Gasteiger partial charge in [0.2, 0.25) is 0 Å². The Bertz CT molecular complexity index is 581. The molecule has 0 spiro atoms. The first kappa shape index (κ1) is 25.4. The van der Waals surface area contributed by atoms with Gasteiger partial charge in [-0.05, 0) is 25.2 Å². The van der Waals surface area contributed by atoms with E-state index in [1.165, 1.54) is 0 Å². The van der Waals surface area contributed by atoms with E-state index < -0.39 is 11.9 Å². The molecule has 0 unspecified atom stereocenters. The number of rotatable bonds is 9. The lowest BCUT2D eigenvalue weighted by molar-refractivity contribution is -0.140. The molecule has 0 saturated carbocycles. The second-order valence-electron chi connectivity index (χ2n) is 6.28. The van der Waals surface area contributed by atoms with Gasteiger partial charge in [0.15, 0.2) is 11.7 Å². The van der Waals surface area contributed by atoms with Crippen molar-refractivity contribution in [2.24, 2.45) is 10.9 Å². The third-order valence-corrected chi connectivity index (χ3v) is 5.06. The zero-order valence-electron chi connectivity index (χ0n) is 15.9. The molecule has 11 heteroatoms. The van der Waals surface area contributed by atoms with Gasteiger partial charge in [-0.1, -0.05) is 0 Å². The van der Waals surface area contributed by atoms with E-state index in [4.69, 9.17) is 9.47 Å². The van der Waals surface area contributed by atoms with Gasteiger partial charge in [-0.2, -0.15) is 13.2 Å². The van der Waals surface area contributed by atoms with Gasteiger partial charge in [0.1, 0.15) is 0 Å². The highest BCUT2D eigenvalue weighted by atomic mass is 127. The van der Waals surface area contributed by atoms with E-state index in [0.717, 1.165) is 55.8 Å². The Morgan fingerprint density at radius 1 is 1.32 bits per heavy atom. The monoisotopic (exact) mass is 536 g/mol. The lowest BCUT2D eigenvalue weighted by Gasteiger charge is -2.21. The molecule has 0 amide bonds. The number of aromatic nitrogens is 1. The molecule has 0 aliphatic carbocycles. The van der Waals surface area contributed by atoms with Crippen molar-refractivity contribution in [2.45, 2.75) is 31.9 Å². The molecular formula is C17H28F3IN4O2S. The Morgan fingerprint density at radius 2 is 2.04 bits per heavy atom. The fourth-order valence-electron chi connectivity index (χ4n) is 2.61. The van der Waals surface area contributed by atoms with E-state index in [2.05, 4.69) is 20.6 Å². The van der Waals surface area contributed by atoms with Gasteiger partial charge >= 0.3 is 6.18 Å². The maximum Gasteiger partial charge on any atom is 0.434 e. The van der Waals surface area contributed by atoms with Crippen molar-refractivity contribution in [1.29, 1.82) is 0 Å². The fourth-order valence-corrected chi connectivity index (χ4v) is 3.41. The van der Waals surface area contributed by atoms with Crippen LogP contribution in [0.4, 0.5) is 13.2 Å². The first-order valence-electron chi connectivity index (χ1n) is 9.10. The van der Waals surface area contributed by atoms with Crippen LogP contribution in [-0.4, -0.2) is 57.5 Å². The van der Waals surface area contributed by atoms with Crippen molar-refractivity contribution in [2.75, 3.05) is 46.6 Å². The molecule has 2 heterocycles. The summed E-state index contributed by atoms with van der Waals surface area (Å²) in [5, 5.41) is 7.74. The molecule has 2 rings (SSSR count). The minimum absolute atomic E-state index is 0. The van der Waals surface area contributed by atoms with Gasteiger partial charge in [-0.25, -0.2) is 4.98 Å². The number of hydrogen-bond acceptors (Lipinski definition) is 5. The van der Waals surface area contributed by atoms with Gasteiger partial charge in [0.25, 0.3) is 0 Å². The minimum atomic E-state index is -4.38. The highest BCUT2D eigenvalue weighted by molar-refractivity contribution is 14.0. The Morgan fingerprint density at radius 3 is 2.68 bits per heavy atom. The lowest BCUT2D eigenvalue weighted by Crippen LogP contribution is -2.39. The summed E-state index contributed by atoms with van der Waals surface area (Å²) in [7, 11) is 1.65. The van der Waals surface area contributed by atoms with Crippen LogP contribution in [0.3, 0.4) is 0 Å². The summed E-state index contributed by atoms with van der Waals surface area (Å²) >= 11 is 1.02. The summed E-state index contributed by atoms with van der Waals surface area (Å²) in [4.78, 5) is 7.71. The van der Waals surface area contributed by atoms with Crippen LogP contribution in [0.2, 0.25) is 0 Å². The summed E-state index contributed by atoms with van der Waals surface area (Å²) in [5.74, 6) is 1.22. The number of aliphatic imine (C=N–C) groups is 1. The van der Waals surface area contributed by atoms with Crippen molar-refractivity contribution in [3.8, 4) is 0 Å². The van der Waals surface area contributed by atoms with E-state index >= 15 is 0 Å². The van der Waals surface area contributed by atoms with Gasteiger partial charge in [-0.15, -0.1) is 35.3 Å². The number of ether oxygens (including phenoxy) is 2. The van der Waals surface area contributed by atoms with Crippen LogP contribution < -0.4 is 10.6 Å². The molecule has 1 aliphatic rings. The van der Waals surface area contributed by atoms with Gasteiger partial charge in [-0.3, -0.25) is 4.99 Å². The molecule has 1 aromatic heterocycles. The Hall–Kier alpha value is -0.660. The van der Waals surface area contributed by atoms with Crippen LogP contribution in [0, 0.1) is 5.92 Å². The average molecular weight is 536 g/mol. The van der Waals surface area contributed by atoms with Crippen LogP contribution in [0.15, 0.2) is 10.4 Å². The Kier molecular flexibility index (Phi) is 12.3. The van der Waals surface area contributed by atoms with E-state index in [1.807, 2.05) is 0 Å². The topological polar surface area (TPSA) is 67.8 Å². The molecular weight excluding hydrogens is 508 g/mol. The summed E-state index contributed by atoms with van der Waals surface area (Å²) in [6.07, 6.45) is -0.982. The molecule has 1 fully saturated rings. The molecule has 28 heavy (non-hydrogen) atoms. The van der Waals surface area contributed by atoms with Crippen LogP contribution in [0.1, 0.15) is 30.0 Å². The molecule has 0 radical (unpaired) electrons. The largest absolute Gasteiger partial charge is 0.434 e. The minimum Gasteiger partial charge on any atom is -0.381 e. The smallest absolute Gasteiger partial charge is 0.381 e. The van der Waals surface area contributed by atoms with Gasteiger partial charge < -0.3 is 20.1 Å². The molecule has 1 aliphatic heterocycles. The lowest BCUT2D eigenvalue weighted by atomic mass is 10.0. The molecule has 0 aromatic carbocycles. The van der Waals surface area contributed by atoms with Crippen LogP contribution in [0.5, 0.6) is 0 Å². The molecule has 6 nitrogen and oxygen atoms in total. The van der Waals surface area contributed by atoms with Crippen LogP contribution >= 0.6 is 35.3 Å². The Labute approximate surface area is 184 Å². The predicted molar refractivity (Wildman–Crippen MR) is 115 cm³/mol. The van der Waals surface area contributed by atoms with Crippen molar-refractivity contribution in [3.63, 3.8) is 0 Å². The number of thiazole rings is 1. The first-order valence-corrected chi connectivity index (χ1v) is 9.98. The molecule has 1 saturated heterocycles. The van der Waals surface area contributed by atoms with Crippen molar-refractivity contribution >= 4 is 41.3 Å². The molecule has 1 aromatic rings. The summed E-state index contributed by atoms with van der Waals surface area (Å²) < 4.78 is 48.6. The molecule has 0 atom stereocenters. The predicted octanol–water partition coefficient (Wildman–Crippen LogP) is 3.32. The van der Waals surface area contributed by atoms with Crippen molar-refractivity contribution in [1.82, 2.24) is 15.6 Å². The summed E-state index contributed by atoms with van der Waals surface area (Å²) in [5.41, 5.74) is -0.828. The van der Waals surface area contributed by atoms with Crippen LogP contribution in [0.25, 0.3) is 0 Å². The third kappa shape index (κ3) is 9.70. The number of guanidine groups is 1. The maximum atomic E-state index is 12.5. The second-order valence-corrected chi connectivity index (χ2v) is 7.23. The zero-order chi connectivity index (χ0) is 19.5. The zero-order valence-corrected chi connectivity index (χ0v) is 19.0. The van der Waals surface area contributed by atoms with E-state index in [1.54, 1.807) is 7.05 Å². The number of alkyl halides is 3. The van der Waals surface area contributed by atoms with E-state index in [9.17, 15) is 13.2 Å². The molecule has 162 valence electrons. The highest BCUT2D eigenvalue weighted by Crippen LogP contribution is 2.29. The second kappa shape index (κ2) is 13.5. The van der Waals surface area contributed by atoms with Gasteiger partial charge in [0.05, 0.1) is 5.01 Å². The first-order chi connectivity index (χ1) is 13.0. The summed E-state index contributed by atoms with van der Waals surface area (Å²) in [6.45, 7) is 4.30. The van der Waals surface area contributed by atoms with Gasteiger partial charge in [0, 0.05) is 58.4 Å². The molecule has 2 N–H and O–H groups in total. The Balaban J connectivity index is 0.00000392. The average Bonchev–Trinajstić information content (AvgIpc) is 3.13. The fraction of sp³-hybridized carbons (Fsp3) is 0.765.